The number of hydrogen-bond acceptors (Lipinski definition) is 3. The van der Waals surface area contributed by atoms with Crippen molar-refractivity contribution in [3.05, 3.63) is 40.0 Å². The smallest absolute Gasteiger partial charge is 0.231 e. The van der Waals surface area contributed by atoms with E-state index in [4.69, 9.17) is 0 Å². The SMILES string of the molecule is CCC(=O)n1c(Br)c2c3c(cccc31)C1=C[C@@H](C(=O)N(CC)CC)CN(C)[C@@H]1C2. The molecule has 2 aliphatic rings. The van der Waals surface area contributed by atoms with E-state index in [2.05, 4.69) is 40.0 Å². The van der Waals surface area contributed by atoms with Crippen LogP contribution in [0.15, 0.2) is 28.9 Å². The maximum atomic E-state index is 13.1. The number of rotatable bonds is 4. The second-order valence-electron chi connectivity index (χ2n) is 7.95. The molecule has 4 rings (SSSR count). The van der Waals surface area contributed by atoms with E-state index in [9.17, 15) is 9.59 Å². The molecule has 0 saturated heterocycles. The van der Waals surface area contributed by atoms with E-state index in [1.54, 1.807) is 0 Å². The fourth-order valence-electron chi connectivity index (χ4n) is 4.92. The fraction of sp³-hybridized carbons (Fsp3) is 0.478. The van der Waals surface area contributed by atoms with Crippen LogP contribution < -0.4 is 0 Å². The van der Waals surface area contributed by atoms with Crippen molar-refractivity contribution in [2.45, 2.75) is 39.7 Å². The predicted octanol–water partition coefficient (Wildman–Crippen LogP) is 4.19. The summed E-state index contributed by atoms with van der Waals surface area (Å²) in [5.41, 5.74) is 4.52. The molecule has 29 heavy (non-hydrogen) atoms. The number of likely N-dealkylation sites (N-methyl/N-ethyl adjacent to an activating group) is 1. The first-order valence-corrected chi connectivity index (χ1v) is 11.3. The molecule has 1 aromatic carbocycles. The highest BCUT2D eigenvalue weighted by atomic mass is 79.9. The maximum absolute atomic E-state index is 13.1. The summed E-state index contributed by atoms with van der Waals surface area (Å²) in [6.45, 7) is 8.14. The Kier molecular flexibility index (Phi) is 5.42. The number of hydrogen-bond donors (Lipinski definition) is 0. The van der Waals surface area contributed by atoms with Gasteiger partial charge in [0.2, 0.25) is 11.8 Å². The number of amides is 1. The molecule has 1 aliphatic heterocycles. The molecule has 0 bridgehead atoms. The summed E-state index contributed by atoms with van der Waals surface area (Å²) >= 11 is 3.72. The van der Waals surface area contributed by atoms with Crippen molar-refractivity contribution in [1.29, 1.82) is 0 Å². The van der Waals surface area contributed by atoms with Crippen LogP contribution in [0.1, 0.15) is 43.1 Å². The Morgan fingerprint density at radius 3 is 2.59 bits per heavy atom. The zero-order valence-corrected chi connectivity index (χ0v) is 19.1. The van der Waals surface area contributed by atoms with Gasteiger partial charge in [0, 0.05) is 37.5 Å². The first kappa shape index (κ1) is 20.4. The van der Waals surface area contributed by atoms with Gasteiger partial charge >= 0.3 is 0 Å². The highest BCUT2D eigenvalue weighted by Gasteiger charge is 2.38. The number of halogens is 1. The van der Waals surface area contributed by atoms with Gasteiger partial charge in [0.05, 0.1) is 16.0 Å². The van der Waals surface area contributed by atoms with Gasteiger partial charge in [0.25, 0.3) is 0 Å². The lowest BCUT2D eigenvalue weighted by atomic mass is 9.79. The molecular weight excluding hydrogens is 430 g/mol. The van der Waals surface area contributed by atoms with Crippen molar-refractivity contribution in [1.82, 2.24) is 14.4 Å². The van der Waals surface area contributed by atoms with Crippen molar-refractivity contribution in [2.75, 3.05) is 26.7 Å². The second-order valence-corrected chi connectivity index (χ2v) is 8.70. The second kappa shape index (κ2) is 7.73. The van der Waals surface area contributed by atoms with Gasteiger partial charge < -0.3 is 4.90 Å². The summed E-state index contributed by atoms with van der Waals surface area (Å²) in [6.07, 6.45) is 3.49. The third kappa shape index (κ3) is 3.08. The van der Waals surface area contributed by atoms with Crippen LogP contribution in [0.25, 0.3) is 16.5 Å². The van der Waals surface area contributed by atoms with Crippen LogP contribution in [0.3, 0.4) is 0 Å². The third-order valence-corrected chi connectivity index (χ3v) is 7.27. The lowest BCUT2D eigenvalue weighted by molar-refractivity contribution is -0.134. The minimum Gasteiger partial charge on any atom is -0.343 e. The van der Waals surface area contributed by atoms with Crippen LogP contribution in [-0.4, -0.2) is 58.9 Å². The molecule has 5 nitrogen and oxygen atoms in total. The van der Waals surface area contributed by atoms with Gasteiger partial charge in [-0.2, -0.15) is 0 Å². The number of fused-ring (bicyclic) bond motifs is 2. The molecule has 2 heterocycles. The van der Waals surface area contributed by atoms with Crippen LogP contribution in [0, 0.1) is 5.92 Å². The molecule has 154 valence electrons. The molecule has 0 saturated carbocycles. The average molecular weight is 458 g/mol. The topological polar surface area (TPSA) is 45.6 Å². The quantitative estimate of drug-likeness (QED) is 0.690. The van der Waals surface area contributed by atoms with E-state index in [1.165, 1.54) is 11.1 Å². The molecule has 0 fully saturated rings. The number of carbonyl (C=O) groups is 2. The Balaban J connectivity index is 1.88. The zero-order chi connectivity index (χ0) is 20.9. The number of carbonyl (C=O) groups excluding carboxylic acids is 2. The van der Waals surface area contributed by atoms with Gasteiger partial charge in [0.1, 0.15) is 0 Å². The minimum atomic E-state index is -0.134. The first-order valence-electron chi connectivity index (χ1n) is 10.5. The van der Waals surface area contributed by atoms with Gasteiger partial charge in [0.15, 0.2) is 0 Å². The largest absolute Gasteiger partial charge is 0.343 e. The monoisotopic (exact) mass is 457 g/mol. The molecule has 6 heteroatoms. The van der Waals surface area contributed by atoms with E-state index in [0.29, 0.717) is 6.42 Å². The lowest BCUT2D eigenvalue weighted by Crippen LogP contribution is -2.47. The van der Waals surface area contributed by atoms with E-state index in [0.717, 1.165) is 47.1 Å². The maximum Gasteiger partial charge on any atom is 0.231 e. The van der Waals surface area contributed by atoms with Gasteiger partial charge in [-0.3, -0.25) is 19.1 Å². The van der Waals surface area contributed by atoms with E-state index in [1.807, 2.05) is 42.4 Å². The molecule has 1 aromatic heterocycles. The molecule has 1 aliphatic carbocycles. The zero-order valence-electron chi connectivity index (χ0n) is 17.5. The number of nitrogens with zero attached hydrogens (tertiary/aromatic N) is 3. The molecule has 2 atom stereocenters. The summed E-state index contributed by atoms with van der Waals surface area (Å²) in [4.78, 5) is 29.9. The van der Waals surface area contributed by atoms with Crippen molar-refractivity contribution in [3.8, 4) is 0 Å². The van der Waals surface area contributed by atoms with E-state index >= 15 is 0 Å². The summed E-state index contributed by atoms with van der Waals surface area (Å²) in [5, 5.41) is 1.15. The van der Waals surface area contributed by atoms with E-state index in [-0.39, 0.29) is 23.8 Å². The molecule has 1 amide bonds. The first-order chi connectivity index (χ1) is 13.9. The van der Waals surface area contributed by atoms with Gasteiger partial charge in [-0.25, -0.2) is 0 Å². The minimum absolute atomic E-state index is 0.0899. The van der Waals surface area contributed by atoms with Crippen LogP contribution in [0.4, 0.5) is 0 Å². The van der Waals surface area contributed by atoms with Crippen molar-refractivity contribution in [3.63, 3.8) is 0 Å². The lowest BCUT2D eigenvalue weighted by Gasteiger charge is -2.40. The van der Waals surface area contributed by atoms with Gasteiger partial charge in [-0.05, 0) is 66.0 Å². The van der Waals surface area contributed by atoms with Crippen molar-refractivity contribution >= 4 is 44.2 Å². The molecule has 0 spiro atoms. The summed E-state index contributed by atoms with van der Waals surface area (Å²) < 4.78 is 2.69. The normalized spacial score (nSPS) is 21.1. The summed E-state index contributed by atoms with van der Waals surface area (Å²) in [5.74, 6) is 0.156. The molecule has 0 unspecified atom stereocenters. The highest BCUT2D eigenvalue weighted by Crippen LogP contribution is 2.44. The Labute approximate surface area is 180 Å². The molecule has 0 radical (unpaired) electrons. The molecule has 2 aromatic rings. The van der Waals surface area contributed by atoms with Gasteiger partial charge in [-0.1, -0.05) is 25.1 Å². The Morgan fingerprint density at radius 2 is 1.93 bits per heavy atom. The third-order valence-electron chi connectivity index (χ3n) is 6.44. The van der Waals surface area contributed by atoms with Crippen LogP contribution in [-0.2, 0) is 11.2 Å². The Bertz CT molecular complexity index is 1020. The summed E-state index contributed by atoms with van der Waals surface area (Å²) in [7, 11) is 2.10. The van der Waals surface area contributed by atoms with Gasteiger partial charge in [-0.15, -0.1) is 0 Å². The van der Waals surface area contributed by atoms with Crippen LogP contribution in [0.2, 0.25) is 0 Å². The highest BCUT2D eigenvalue weighted by molar-refractivity contribution is 9.10. The predicted molar refractivity (Wildman–Crippen MR) is 120 cm³/mol. The number of aromatic nitrogens is 1. The molecular formula is C23H28BrN3O2. The fourth-order valence-corrected chi connectivity index (χ4v) is 5.67. The standard InChI is InChI=1S/C23H28BrN3O2/c1-5-20(28)27-18-10-8-9-15-16-11-14(23(29)26(6-2)7-3)13-25(4)19(16)12-17(21(15)18)22(27)24/h8-11,14,19H,5-7,12-13H2,1-4H3/t14-,19-/m1/s1. The molecule has 0 N–H and O–H groups in total. The van der Waals surface area contributed by atoms with E-state index < -0.39 is 0 Å². The Morgan fingerprint density at radius 1 is 1.21 bits per heavy atom. The average Bonchev–Trinajstić information content (AvgIpc) is 3.01. The van der Waals surface area contributed by atoms with Crippen LogP contribution >= 0.6 is 15.9 Å². The Hall–Kier alpha value is -1.92. The van der Waals surface area contributed by atoms with Crippen molar-refractivity contribution in [2.24, 2.45) is 5.92 Å². The van der Waals surface area contributed by atoms with Crippen LogP contribution in [0.5, 0.6) is 0 Å². The summed E-state index contributed by atoms with van der Waals surface area (Å²) in [6, 6.07) is 6.39. The number of benzene rings is 1. The van der Waals surface area contributed by atoms with Crippen molar-refractivity contribution < 1.29 is 9.59 Å².